The molecule has 0 amide bonds. The summed E-state index contributed by atoms with van der Waals surface area (Å²) in [6, 6.07) is 0. The monoisotopic (exact) mass is 315 g/mol. The molecule has 1 heterocycles. The maximum absolute atomic E-state index is 11.9. The first kappa shape index (κ1) is 19.3. The van der Waals surface area contributed by atoms with Gasteiger partial charge in [0, 0.05) is 31.5 Å². The zero-order chi connectivity index (χ0) is 16.8. The smallest absolute Gasteiger partial charge is 0.334 e. The molecular formula is C20H29NO2. The maximum Gasteiger partial charge on any atom is 0.334 e. The molecule has 0 radical (unpaired) electrons. The van der Waals surface area contributed by atoms with Gasteiger partial charge in [0.05, 0.1) is 6.61 Å². The Hall–Kier alpha value is -1.79. The van der Waals surface area contributed by atoms with Gasteiger partial charge in [0.25, 0.3) is 0 Å². The van der Waals surface area contributed by atoms with E-state index in [9.17, 15) is 4.79 Å². The lowest BCUT2D eigenvalue weighted by Gasteiger charge is -2.19. The number of esters is 1. The SMILES string of the molecule is C=CCN1CC/C=C/C=C(/C(=O)OCC)CCC#CCCCC1. The molecule has 1 aliphatic heterocycles. The highest BCUT2D eigenvalue weighted by molar-refractivity contribution is 5.88. The molecule has 0 spiro atoms. The van der Waals surface area contributed by atoms with Crippen LogP contribution in [-0.2, 0) is 9.53 Å². The van der Waals surface area contributed by atoms with Crippen molar-refractivity contribution in [2.45, 2.75) is 45.4 Å². The third-order valence-corrected chi connectivity index (χ3v) is 3.64. The van der Waals surface area contributed by atoms with Gasteiger partial charge in [-0.25, -0.2) is 4.79 Å². The molecule has 126 valence electrons. The molecule has 3 heteroatoms. The summed E-state index contributed by atoms with van der Waals surface area (Å²) in [4.78, 5) is 14.3. The molecule has 0 saturated heterocycles. The largest absolute Gasteiger partial charge is 0.463 e. The van der Waals surface area contributed by atoms with Gasteiger partial charge in [0.15, 0.2) is 0 Å². The normalized spacial score (nSPS) is 21.5. The van der Waals surface area contributed by atoms with E-state index in [1.54, 1.807) is 0 Å². The summed E-state index contributed by atoms with van der Waals surface area (Å²) in [6.07, 6.45) is 13.4. The molecule has 0 unspecified atom stereocenters. The van der Waals surface area contributed by atoms with E-state index in [-0.39, 0.29) is 5.97 Å². The fourth-order valence-electron chi connectivity index (χ4n) is 2.41. The van der Waals surface area contributed by atoms with Gasteiger partial charge < -0.3 is 4.74 Å². The average Bonchev–Trinajstić information content (AvgIpc) is 2.55. The minimum Gasteiger partial charge on any atom is -0.463 e. The lowest BCUT2D eigenvalue weighted by molar-refractivity contribution is -0.138. The molecule has 0 aliphatic carbocycles. The number of hydrogen-bond acceptors (Lipinski definition) is 3. The third kappa shape index (κ3) is 9.05. The predicted octanol–water partition coefficient (Wildman–Crippen LogP) is 3.88. The second-order valence-corrected chi connectivity index (χ2v) is 5.53. The van der Waals surface area contributed by atoms with E-state index in [0.29, 0.717) is 25.0 Å². The number of ether oxygens (including phenoxy) is 1. The van der Waals surface area contributed by atoms with Crippen LogP contribution in [0.4, 0.5) is 0 Å². The summed E-state index contributed by atoms with van der Waals surface area (Å²) in [5.41, 5.74) is 0.704. The Morgan fingerprint density at radius 3 is 2.96 bits per heavy atom. The van der Waals surface area contributed by atoms with Crippen molar-refractivity contribution in [1.82, 2.24) is 4.90 Å². The topological polar surface area (TPSA) is 29.5 Å². The predicted molar refractivity (Wildman–Crippen MR) is 96.0 cm³/mol. The number of carbonyl (C=O) groups is 1. The first-order chi connectivity index (χ1) is 11.3. The van der Waals surface area contributed by atoms with Crippen LogP contribution in [0.5, 0.6) is 0 Å². The molecule has 0 aromatic carbocycles. The van der Waals surface area contributed by atoms with Gasteiger partial charge in [-0.2, -0.15) is 0 Å². The van der Waals surface area contributed by atoms with Crippen molar-refractivity contribution >= 4 is 5.97 Å². The van der Waals surface area contributed by atoms with Gasteiger partial charge in [0.2, 0.25) is 0 Å². The van der Waals surface area contributed by atoms with Crippen molar-refractivity contribution in [3.63, 3.8) is 0 Å². The molecule has 0 fully saturated rings. The number of allylic oxidation sites excluding steroid dienone is 2. The first-order valence-corrected chi connectivity index (χ1v) is 8.59. The molecule has 1 aliphatic rings. The van der Waals surface area contributed by atoms with Crippen LogP contribution in [0.3, 0.4) is 0 Å². The number of hydrogen-bond donors (Lipinski definition) is 0. The summed E-state index contributed by atoms with van der Waals surface area (Å²) in [5.74, 6) is 6.15. The second-order valence-electron chi connectivity index (χ2n) is 5.53. The van der Waals surface area contributed by atoms with Crippen molar-refractivity contribution < 1.29 is 9.53 Å². The Balaban J connectivity index is 2.72. The highest BCUT2D eigenvalue weighted by Crippen LogP contribution is 2.09. The fourth-order valence-corrected chi connectivity index (χ4v) is 2.41. The van der Waals surface area contributed by atoms with E-state index < -0.39 is 0 Å². The summed E-state index contributed by atoms with van der Waals surface area (Å²) >= 11 is 0. The van der Waals surface area contributed by atoms with Gasteiger partial charge >= 0.3 is 5.97 Å². The van der Waals surface area contributed by atoms with Crippen molar-refractivity contribution in [1.29, 1.82) is 0 Å². The number of nitrogens with zero attached hydrogens (tertiary/aromatic N) is 1. The molecule has 0 N–H and O–H groups in total. The molecule has 0 bridgehead atoms. The molecule has 0 atom stereocenters. The third-order valence-electron chi connectivity index (χ3n) is 3.64. The lowest BCUT2D eigenvalue weighted by atomic mass is 10.1. The van der Waals surface area contributed by atoms with Crippen molar-refractivity contribution in [2.75, 3.05) is 26.2 Å². The molecule has 3 nitrogen and oxygen atoms in total. The Kier molecular flexibility index (Phi) is 10.7. The minimum atomic E-state index is -0.225. The Labute approximate surface area is 141 Å². The first-order valence-electron chi connectivity index (χ1n) is 8.59. The Morgan fingerprint density at radius 1 is 1.35 bits per heavy atom. The van der Waals surface area contributed by atoms with Crippen LogP contribution < -0.4 is 0 Å². The van der Waals surface area contributed by atoms with Gasteiger partial charge in [-0.15, -0.1) is 18.4 Å². The van der Waals surface area contributed by atoms with E-state index in [1.807, 2.05) is 25.2 Å². The Morgan fingerprint density at radius 2 is 2.17 bits per heavy atom. The van der Waals surface area contributed by atoms with Crippen LogP contribution >= 0.6 is 0 Å². The zero-order valence-corrected chi connectivity index (χ0v) is 14.4. The lowest BCUT2D eigenvalue weighted by Crippen LogP contribution is -2.25. The zero-order valence-electron chi connectivity index (χ0n) is 14.4. The van der Waals surface area contributed by atoms with Crippen LogP contribution in [0, 0.1) is 11.8 Å². The number of rotatable bonds is 4. The second kappa shape index (κ2) is 12.7. The fraction of sp³-hybridized carbons (Fsp3) is 0.550. The minimum absolute atomic E-state index is 0.225. The summed E-state index contributed by atoms with van der Waals surface area (Å²) in [5, 5.41) is 0. The van der Waals surface area contributed by atoms with E-state index in [1.165, 1.54) is 6.42 Å². The molecular weight excluding hydrogens is 286 g/mol. The van der Waals surface area contributed by atoms with E-state index in [4.69, 9.17) is 4.74 Å². The quantitative estimate of drug-likeness (QED) is 0.448. The summed E-state index contributed by atoms with van der Waals surface area (Å²) in [7, 11) is 0. The van der Waals surface area contributed by atoms with Crippen molar-refractivity contribution in [3.8, 4) is 11.8 Å². The van der Waals surface area contributed by atoms with Crippen molar-refractivity contribution in [3.05, 3.63) is 36.5 Å². The highest BCUT2D eigenvalue weighted by atomic mass is 16.5. The van der Waals surface area contributed by atoms with Crippen LogP contribution in [0.2, 0.25) is 0 Å². The molecule has 0 saturated carbocycles. The Bertz CT molecular complexity index is 480. The highest BCUT2D eigenvalue weighted by Gasteiger charge is 2.08. The molecule has 0 aromatic rings. The van der Waals surface area contributed by atoms with Crippen LogP contribution in [0.25, 0.3) is 0 Å². The average molecular weight is 315 g/mol. The summed E-state index contributed by atoms with van der Waals surface area (Å²) in [6.45, 7) is 9.08. The van der Waals surface area contributed by atoms with E-state index in [0.717, 1.165) is 38.9 Å². The molecule has 1 rings (SSSR count). The maximum atomic E-state index is 11.9. The van der Waals surface area contributed by atoms with Crippen LogP contribution in [0.1, 0.15) is 45.4 Å². The van der Waals surface area contributed by atoms with Gasteiger partial charge in [0.1, 0.15) is 0 Å². The van der Waals surface area contributed by atoms with Crippen LogP contribution in [-0.4, -0.2) is 37.1 Å². The summed E-state index contributed by atoms with van der Waals surface area (Å²) < 4.78 is 5.11. The van der Waals surface area contributed by atoms with E-state index in [2.05, 4.69) is 29.4 Å². The van der Waals surface area contributed by atoms with Gasteiger partial charge in [-0.3, -0.25) is 4.90 Å². The van der Waals surface area contributed by atoms with Gasteiger partial charge in [-0.05, 0) is 39.2 Å². The van der Waals surface area contributed by atoms with Gasteiger partial charge in [-0.1, -0.05) is 24.3 Å². The number of carbonyl (C=O) groups excluding carboxylic acids is 1. The van der Waals surface area contributed by atoms with Crippen LogP contribution in [0.15, 0.2) is 36.5 Å². The molecule has 23 heavy (non-hydrogen) atoms. The van der Waals surface area contributed by atoms with Crippen molar-refractivity contribution in [2.24, 2.45) is 0 Å². The van der Waals surface area contributed by atoms with E-state index >= 15 is 0 Å². The standard InChI is InChI=1S/C20H29NO2/c1-3-16-21-17-12-8-6-5-7-10-14-19(20(22)23-4-2)15-11-9-13-18-21/h3,9,11,15H,1,4,6,8,10,12-14,16-18H2,2H3/b11-9+,19-15+. The molecule has 0 aromatic heterocycles.